The third-order valence-electron chi connectivity index (χ3n) is 3.45. The highest BCUT2D eigenvalue weighted by Gasteiger charge is 2.26. The van der Waals surface area contributed by atoms with E-state index in [-0.39, 0.29) is 23.1 Å². The number of nitro benzene ring substituents is 1. The summed E-state index contributed by atoms with van der Waals surface area (Å²) in [6.07, 6.45) is -0.508. The Balaban J connectivity index is 2.14. The number of hydrogen-bond acceptors (Lipinski definition) is 5. The lowest BCUT2D eigenvalue weighted by molar-refractivity contribution is -0.386. The predicted molar refractivity (Wildman–Crippen MR) is 74.9 cm³/mol. The van der Waals surface area contributed by atoms with E-state index in [1.165, 1.54) is 23.1 Å². The molecule has 0 aliphatic carbocycles. The zero-order valence-electron chi connectivity index (χ0n) is 11.6. The standard InChI is InChI=1S/C13H15N3O6/c14-12(17)8-1-2-10(16(20)21)11(7-8)22-9-3-5-15(6-4-9)13(18)19/h1-2,7,9H,3-6H2,(H2,14,17)(H,18,19). The minimum atomic E-state index is -1.000. The van der Waals surface area contributed by atoms with E-state index in [0.29, 0.717) is 25.9 Å². The molecule has 0 atom stereocenters. The normalized spacial score (nSPS) is 15.4. The summed E-state index contributed by atoms with van der Waals surface area (Å²) >= 11 is 0. The number of piperidine rings is 1. The Morgan fingerprint density at radius 2 is 2.00 bits per heavy atom. The number of nitrogens with two attached hydrogens (primary N) is 1. The van der Waals surface area contributed by atoms with Crippen molar-refractivity contribution in [1.29, 1.82) is 0 Å². The predicted octanol–water partition coefficient (Wildman–Crippen LogP) is 1.21. The van der Waals surface area contributed by atoms with Gasteiger partial charge in [0.1, 0.15) is 6.10 Å². The molecule has 1 aromatic rings. The largest absolute Gasteiger partial charge is 0.483 e. The number of carbonyl (C=O) groups is 2. The molecule has 0 aromatic heterocycles. The van der Waals surface area contributed by atoms with Crippen LogP contribution in [0.1, 0.15) is 23.2 Å². The fourth-order valence-corrected chi connectivity index (χ4v) is 2.26. The van der Waals surface area contributed by atoms with E-state index in [4.69, 9.17) is 15.6 Å². The topological polar surface area (TPSA) is 136 Å². The number of nitro groups is 1. The van der Waals surface area contributed by atoms with E-state index in [1.807, 2.05) is 0 Å². The lowest BCUT2D eigenvalue weighted by atomic mass is 10.1. The smallest absolute Gasteiger partial charge is 0.407 e. The summed E-state index contributed by atoms with van der Waals surface area (Å²) in [5, 5.41) is 19.9. The first-order valence-corrected chi connectivity index (χ1v) is 6.61. The summed E-state index contributed by atoms with van der Waals surface area (Å²) in [6.45, 7) is 0.590. The molecule has 0 saturated carbocycles. The van der Waals surface area contributed by atoms with Gasteiger partial charge < -0.3 is 20.5 Å². The van der Waals surface area contributed by atoms with Crippen LogP contribution in [0.5, 0.6) is 5.75 Å². The SMILES string of the molecule is NC(=O)c1ccc([N+](=O)[O-])c(OC2CCN(C(=O)O)CC2)c1. The molecule has 22 heavy (non-hydrogen) atoms. The van der Waals surface area contributed by atoms with E-state index in [1.54, 1.807) is 0 Å². The molecule has 0 radical (unpaired) electrons. The Labute approximate surface area is 125 Å². The third kappa shape index (κ3) is 3.43. The van der Waals surface area contributed by atoms with Crippen LogP contribution in [-0.4, -0.2) is 46.1 Å². The van der Waals surface area contributed by atoms with Crippen molar-refractivity contribution >= 4 is 17.7 Å². The number of likely N-dealkylation sites (tertiary alicyclic amines) is 1. The van der Waals surface area contributed by atoms with E-state index in [0.717, 1.165) is 0 Å². The van der Waals surface area contributed by atoms with Crippen LogP contribution < -0.4 is 10.5 Å². The number of primary amides is 1. The summed E-state index contributed by atoms with van der Waals surface area (Å²) < 4.78 is 5.60. The molecule has 1 aliphatic heterocycles. The molecule has 1 aromatic carbocycles. The van der Waals surface area contributed by atoms with Gasteiger partial charge in [-0.05, 0) is 6.07 Å². The first-order chi connectivity index (χ1) is 10.4. The molecule has 2 rings (SSSR count). The average molecular weight is 309 g/mol. The number of nitrogens with zero attached hydrogens (tertiary/aromatic N) is 2. The Kier molecular flexibility index (Phi) is 4.44. The Morgan fingerprint density at radius 3 is 2.50 bits per heavy atom. The second kappa shape index (κ2) is 6.29. The van der Waals surface area contributed by atoms with Gasteiger partial charge in [0.05, 0.1) is 4.92 Å². The first-order valence-electron chi connectivity index (χ1n) is 6.61. The van der Waals surface area contributed by atoms with Gasteiger partial charge in [-0.3, -0.25) is 14.9 Å². The quantitative estimate of drug-likeness (QED) is 0.633. The van der Waals surface area contributed by atoms with Crippen molar-refractivity contribution < 1.29 is 24.4 Å². The van der Waals surface area contributed by atoms with Crippen molar-refractivity contribution in [3.63, 3.8) is 0 Å². The van der Waals surface area contributed by atoms with Gasteiger partial charge in [0, 0.05) is 43.6 Å². The summed E-state index contributed by atoms with van der Waals surface area (Å²) in [7, 11) is 0. The highest BCUT2D eigenvalue weighted by atomic mass is 16.6. The molecular weight excluding hydrogens is 294 g/mol. The number of carbonyl (C=O) groups excluding carboxylic acids is 1. The van der Waals surface area contributed by atoms with E-state index in [9.17, 15) is 19.7 Å². The fraction of sp³-hybridized carbons (Fsp3) is 0.385. The minimum absolute atomic E-state index is 0.0323. The monoisotopic (exact) mass is 309 g/mol. The van der Waals surface area contributed by atoms with Crippen LogP contribution in [0.3, 0.4) is 0 Å². The molecule has 2 amide bonds. The van der Waals surface area contributed by atoms with E-state index < -0.39 is 16.9 Å². The summed E-state index contributed by atoms with van der Waals surface area (Å²) in [5.74, 6) is -0.740. The zero-order chi connectivity index (χ0) is 16.3. The van der Waals surface area contributed by atoms with Gasteiger partial charge in [0.2, 0.25) is 5.91 Å². The molecule has 1 aliphatic rings. The molecule has 1 heterocycles. The average Bonchev–Trinajstić information content (AvgIpc) is 2.47. The summed E-state index contributed by atoms with van der Waals surface area (Å²) in [4.78, 5) is 33.7. The highest BCUT2D eigenvalue weighted by Crippen LogP contribution is 2.30. The van der Waals surface area contributed by atoms with E-state index >= 15 is 0 Å². The van der Waals surface area contributed by atoms with Gasteiger partial charge in [-0.2, -0.15) is 0 Å². The fourth-order valence-electron chi connectivity index (χ4n) is 2.26. The minimum Gasteiger partial charge on any atom is -0.483 e. The Bertz CT molecular complexity index is 610. The maximum Gasteiger partial charge on any atom is 0.407 e. The first kappa shape index (κ1) is 15.5. The zero-order valence-corrected chi connectivity index (χ0v) is 11.6. The van der Waals surface area contributed by atoms with Crippen molar-refractivity contribution in [2.45, 2.75) is 18.9 Å². The van der Waals surface area contributed by atoms with Gasteiger partial charge >= 0.3 is 11.8 Å². The van der Waals surface area contributed by atoms with Crippen molar-refractivity contribution in [1.82, 2.24) is 4.90 Å². The molecule has 1 saturated heterocycles. The molecule has 0 bridgehead atoms. The van der Waals surface area contributed by atoms with Crippen LogP contribution >= 0.6 is 0 Å². The van der Waals surface area contributed by atoms with Crippen molar-refractivity contribution in [2.75, 3.05) is 13.1 Å². The van der Waals surface area contributed by atoms with Gasteiger partial charge in [-0.25, -0.2) is 4.79 Å². The van der Waals surface area contributed by atoms with Crippen LogP contribution in [-0.2, 0) is 0 Å². The summed E-state index contributed by atoms with van der Waals surface area (Å²) in [6, 6.07) is 3.67. The van der Waals surface area contributed by atoms with Crippen LogP contribution in [0.4, 0.5) is 10.5 Å². The lowest BCUT2D eigenvalue weighted by Gasteiger charge is -2.30. The summed E-state index contributed by atoms with van der Waals surface area (Å²) in [5.41, 5.74) is 5.01. The second-order valence-corrected chi connectivity index (χ2v) is 4.89. The third-order valence-corrected chi connectivity index (χ3v) is 3.45. The Hall–Kier alpha value is -2.84. The number of ether oxygens (including phenoxy) is 1. The van der Waals surface area contributed by atoms with Crippen LogP contribution in [0.25, 0.3) is 0 Å². The van der Waals surface area contributed by atoms with Gasteiger partial charge in [0.15, 0.2) is 5.75 Å². The molecular formula is C13H15N3O6. The second-order valence-electron chi connectivity index (χ2n) is 4.89. The van der Waals surface area contributed by atoms with Crippen molar-refractivity contribution in [3.8, 4) is 5.75 Å². The van der Waals surface area contributed by atoms with Crippen molar-refractivity contribution in [2.24, 2.45) is 5.73 Å². The molecule has 0 unspecified atom stereocenters. The van der Waals surface area contributed by atoms with Crippen LogP contribution in [0, 0.1) is 10.1 Å². The lowest BCUT2D eigenvalue weighted by Crippen LogP contribution is -2.41. The number of rotatable bonds is 4. The van der Waals surface area contributed by atoms with Crippen LogP contribution in [0.15, 0.2) is 18.2 Å². The van der Waals surface area contributed by atoms with Gasteiger partial charge in [0.25, 0.3) is 0 Å². The van der Waals surface area contributed by atoms with Crippen LogP contribution in [0.2, 0.25) is 0 Å². The molecule has 3 N–H and O–H groups in total. The Morgan fingerprint density at radius 1 is 1.36 bits per heavy atom. The van der Waals surface area contributed by atoms with Crippen molar-refractivity contribution in [3.05, 3.63) is 33.9 Å². The number of amides is 2. The maximum atomic E-state index is 11.2. The number of carboxylic acid groups (broad SMARTS) is 1. The molecule has 0 spiro atoms. The molecule has 9 heteroatoms. The number of hydrogen-bond donors (Lipinski definition) is 2. The molecule has 118 valence electrons. The highest BCUT2D eigenvalue weighted by molar-refractivity contribution is 5.93. The maximum absolute atomic E-state index is 11.2. The molecule has 1 fully saturated rings. The van der Waals surface area contributed by atoms with Gasteiger partial charge in [-0.1, -0.05) is 0 Å². The van der Waals surface area contributed by atoms with E-state index in [2.05, 4.69) is 0 Å². The van der Waals surface area contributed by atoms with Gasteiger partial charge in [-0.15, -0.1) is 0 Å². The molecule has 9 nitrogen and oxygen atoms in total. The number of benzene rings is 1.